The lowest BCUT2D eigenvalue weighted by Crippen LogP contribution is -2.53. The van der Waals surface area contributed by atoms with Crippen molar-refractivity contribution in [2.24, 2.45) is 17.1 Å². The van der Waals surface area contributed by atoms with Crippen LogP contribution in [-0.2, 0) is 6.42 Å². The number of nitrogens with zero attached hydrogens (tertiary/aromatic N) is 5. The molecule has 1 saturated heterocycles. The summed E-state index contributed by atoms with van der Waals surface area (Å²) in [6, 6.07) is 3.55. The minimum Gasteiger partial charge on any atom is -0.421 e. The number of hydrogen-bond donors (Lipinski definition) is 2. The Balaban J connectivity index is 1.47. The normalized spacial score (nSPS) is 24.7. The van der Waals surface area contributed by atoms with Gasteiger partial charge in [0.15, 0.2) is 5.75 Å². The van der Waals surface area contributed by atoms with E-state index in [1.165, 1.54) is 6.07 Å². The maximum absolute atomic E-state index is 14.5. The topological polar surface area (TPSA) is 102 Å². The van der Waals surface area contributed by atoms with Crippen molar-refractivity contribution in [3.63, 3.8) is 0 Å². The molecule has 2 aromatic heterocycles. The van der Waals surface area contributed by atoms with Crippen LogP contribution in [0.15, 0.2) is 24.5 Å². The van der Waals surface area contributed by atoms with Gasteiger partial charge in [-0.3, -0.25) is 0 Å². The van der Waals surface area contributed by atoms with Crippen LogP contribution in [0.25, 0.3) is 11.1 Å². The summed E-state index contributed by atoms with van der Waals surface area (Å²) in [6.45, 7) is 5.77. The molecule has 3 atom stereocenters. The highest BCUT2D eigenvalue weighted by molar-refractivity contribution is 5.88. The predicted molar refractivity (Wildman–Crippen MR) is 123 cm³/mol. The molecule has 1 aliphatic heterocycles. The van der Waals surface area contributed by atoms with E-state index in [1.54, 1.807) is 25.5 Å². The smallest absolute Gasteiger partial charge is 0.324 e. The molecule has 3 heterocycles. The molecule has 1 saturated carbocycles. The van der Waals surface area contributed by atoms with E-state index in [0.29, 0.717) is 23.9 Å². The molecule has 1 aromatic carbocycles. The summed E-state index contributed by atoms with van der Waals surface area (Å²) in [5.74, 6) is 2.03. The zero-order chi connectivity index (χ0) is 22.9. The van der Waals surface area contributed by atoms with E-state index < -0.39 is 0 Å². The summed E-state index contributed by atoms with van der Waals surface area (Å²) in [5.41, 5.74) is 10.8. The Labute approximate surface area is 191 Å². The second-order valence-electron chi connectivity index (χ2n) is 9.63. The van der Waals surface area contributed by atoms with E-state index in [9.17, 15) is 4.39 Å². The Morgan fingerprint density at radius 1 is 1.24 bits per heavy atom. The van der Waals surface area contributed by atoms with Crippen LogP contribution in [0.3, 0.4) is 0 Å². The van der Waals surface area contributed by atoms with Gasteiger partial charge in [-0.2, -0.15) is 9.97 Å². The van der Waals surface area contributed by atoms with Gasteiger partial charge in [-0.1, -0.05) is 6.92 Å². The molecule has 2 aliphatic carbocycles. The third-order valence-electron chi connectivity index (χ3n) is 7.39. The number of fused-ring (bicyclic) bond motifs is 4. The van der Waals surface area contributed by atoms with Crippen LogP contribution in [0.1, 0.15) is 30.4 Å². The average Bonchev–Trinajstić information content (AvgIpc) is 3.28. The fourth-order valence-electron chi connectivity index (χ4n) is 5.76. The minimum atomic E-state index is -0.287. The Bertz CT molecular complexity index is 1260. The average molecular weight is 448 g/mol. The van der Waals surface area contributed by atoms with E-state index in [0.717, 1.165) is 53.4 Å². The van der Waals surface area contributed by atoms with Gasteiger partial charge in [0.05, 0.1) is 18.1 Å². The van der Waals surface area contributed by atoms with Crippen molar-refractivity contribution in [3.05, 3.63) is 47.4 Å². The lowest BCUT2D eigenvalue weighted by atomic mass is 9.60. The number of anilines is 2. The molecule has 0 spiro atoms. The monoisotopic (exact) mass is 447 g/mol. The second kappa shape index (κ2) is 7.08. The third-order valence-corrected chi connectivity index (χ3v) is 7.39. The first-order valence-electron chi connectivity index (χ1n) is 11.2. The number of nitrogens with one attached hydrogen (secondary N) is 1. The summed E-state index contributed by atoms with van der Waals surface area (Å²) >= 11 is 0. The lowest BCUT2D eigenvalue weighted by molar-refractivity contribution is 0.0771. The largest absolute Gasteiger partial charge is 0.421 e. The molecule has 170 valence electrons. The molecule has 3 aliphatic rings. The van der Waals surface area contributed by atoms with Crippen LogP contribution in [0, 0.1) is 24.1 Å². The lowest BCUT2D eigenvalue weighted by Gasteiger charge is -2.46. The van der Waals surface area contributed by atoms with Gasteiger partial charge in [-0.15, -0.1) is 0 Å². The number of ether oxygens (including phenoxy) is 1. The molecule has 0 radical (unpaired) electrons. The Morgan fingerprint density at radius 2 is 2.03 bits per heavy atom. The quantitative estimate of drug-likeness (QED) is 0.491. The van der Waals surface area contributed by atoms with E-state index >= 15 is 0 Å². The highest BCUT2D eigenvalue weighted by Crippen LogP contribution is 2.54. The zero-order valence-corrected chi connectivity index (χ0v) is 18.9. The summed E-state index contributed by atoms with van der Waals surface area (Å²) in [7, 11) is 1.80. The van der Waals surface area contributed by atoms with Gasteiger partial charge in [0, 0.05) is 43.9 Å². The summed E-state index contributed by atoms with van der Waals surface area (Å²) < 4.78 is 20.5. The SMILES string of the molecule is CNc1cc(F)cc2c1Cc1nc(Oc3cnc(C)nc3)nc(N3CC4[C@H](N)C[C@]4(C)C3)c1-2. The number of benzene rings is 1. The molecular formula is C24H26FN7O. The van der Waals surface area contributed by atoms with Crippen LogP contribution in [0.5, 0.6) is 11.8 Å². The van der Waals surface area contributed by atoms with Crippen LogP contribution in [-0.4, -0.2) is 46.1 Å². The van der Waals surface area contributed by atoms with Crippen molar-refractivity contribution in [1.29, 1.82) is 0 Å². The van der Waals surface area contributed by atoms with Crippen LogP contribution in [0.4, 0.5) is 15.9 Å². The van der Waals surface area contributed by atoms with Crippen LogP contribution < -0.4 is 20.7 Å². The number of halogens is 1. The molecule has 33 heavy (non-hydrogen) atoms. The highest BCUT2D eigenvalue weighted by Gasteiger charge is 2.55. The molecule has 6 rings (SSSR count). The summed E-state index contributed by atoms with van der Waals surface area (Å²) in [6.07, 6.45) is 4.79. The standard InChI is InChI=1S/C24H26FN7O/c1-12-28-8-14(9-29-12)33-23-30-20-6-15-16(4-13(25)5-19(15)27-3)21(20)22(31-23)32-10-17-18(26)7-24(17,2)11-32/h4-5,8-9,17-18,27H,6-7,10-11,26H2,1-3H3/t17?,18-,24-/m1/s1. The van der Waals surface area contributed by atoms with Crippen molar-refractivity contribution in [1.82, 2.24) is 19.9 Å². The first-order chi connectivity index (χ1) is 15.8. The van der Waals surface area contributed by atoms with Crippen molar-refractivity contribution in [2.45, 2.75) is 32.7 Å². The van der Waals surface area contributed by atoms with Crippen LogP contribution >= 0.6 is 0 Å². The fourth-order valence-corrected chi connectivity index (χ4v) is 5.76. The zero-order valence-electron chi connectivity index (χ0n) is 18.9. The molecule has 9 heteroatoms. The molecule has 3 N–H and O–H groups in total. The first kappa shape index (κ1) is 20.3. The fraction of sp³-hybridized carbons (Fsp3) is 0.417. The van der Waals surface area contributed by atoms with Crippen LogP contribution in [0.2, 0.25) is 0 Å². The van der Waals surface area contributed by atoms with E-state index in [4.69, 9.17) is 20.4 Å². The molecule has 8 nitrogen and oxygen atoms in total. The third kappa shape index (κ3) is 3.13. The van der Waals surface area contributed by atoms with Gasteiger partial charge < -0.3 is 20.7 Å². The molecule has 3 aromatic rings. The molecular weight excluding hydrogens is 421 g/mol. The van der Waals surface area contributed by atoms with Crippen molar-refractivity contribution < 1.29 is 9.13 Å². The second-order valence-corrected chi connectivity index (χ2v) is 9.63. The van der Waals surface area contributed by atoms with Gasteiger partial charge in [-0.05, 0) is 47.9 Å². The number of nitrogens with two attached hydrogens (primary N) is 1. The predicted octanol–water partition coefficient (Wildman–Crippen LogP) is 3.29. The Hall–Kier alpha value is -3.33. The number of hydrogen-bond acceptors (Lipinski definition) is 8. The van der Waals surface area contributed by atoms with Crippen molar-refractivity contribution >= 4 is 11.5 Å². The molecule has 2 fully saturated rings. The number of rotatable bonds is 4. The summed E-state index contributed by atoms with van der Waals surface area (Å²) in [4.78, 5) is 20.2. The van der Waals surface area contributed by atoms with Gasteiger partial charge in [-0.25, -0.2) is 14.4 Å². The highest BCUT2D eigenvalue weighted by atomic mass is 19.1. The van der Waals surface area contributed by atoms with E-state index in [-0.39, 0.29) is 23.3 Å². The van der Waals surface area contributed by atoms with Gasteiger partial charge in [0.25, 0.3) is 0 Å². The number of aromatic nitrogens is 4. The summed E-state index contributed by atoms with van der Waals surface area (Å²) in [5, 5.41) is 3.12. The molecule has 0 amide bonds. The first-order valence-corrected chi connectivity index (χ1v) is 11.2. The van der Waals surface area contributed by atoms with Gasteiger partial charge in [0.2, 0.25) is 0 Å². The molecule has 1 unspecified atom stereocenters. The van der Waals surface area contributed by atoms with Crippen molar-refractivity contribution in [2.75, 3.05) is 30.4 Å². The minimum absolute atomic E-state index is 0.169. The van der Waals surface area contributed by atoms with Gasteiger partial charge in [0.1, 0.15) is 17.5 Å². The number of aryl methyl sites for hydroxylation is 1. The maximum atomic E-state index is 14.5. The van der Waals surface area contributed by atoms with Gasteiger partial charge >= 0.3 is 6.01 Å². The maximum Gasteiger partial charge on any atom is 0.324 e. The van der Waals surface area contributed by atoms with Crippen molar-refractivity contribution in [3.8, 4) is 22.9 Å². The van der Waals surface area contributed by atoms with E-state index in [2.05, 4.69) is 27.1 Å². The Kier molecular flexibility index (Phi) is 4.35. The van der Waals surface area contributed by atoms with E-state index in [1.807, 2.05) is 6.92 Å². The molecule has 0 bridgehead atoms. The Morgan fingerprint density at radius 3 is 2.73 bits per heavy atom.